The fourth-order valence-corrected chi connectivity index (χ4v) is 2.55. The number of hydrogen-bond acceptors (Lipinski definition) is 4. The third-order valence-electron chi connectivity index (χ3n) is 3.75. The van der Waals surface area contributed by atoms with Crippen LogP contribution in [0, 0.1) is 0 Å². The quantitative estimate of drug-likeness (QED) is 0.346. The molecule has 0 bridgehead atoms. The van der Waals surface area contributed by atoms with E-state index in [0.29, 0.717) is 5.02 Å². The van der Waals surface area contributed by atoms with Crippen LogP contribution >= 0.6 is 11.6 Å². The molecule has 4 nitrogen and oxygen atoms in total. The van der Waals surface area contributed by atoms with Crippen LogP contribution in [0.15, 0.2) is 59.8 Å². The molecule has 5 heteroatoms. The Morgan fingerprint density at radius 1 is 1.16 bits per heavy atom. The molecule has 0 unspecified atom stereocenters. The highest BCUT2D eigenvalue weighted by Gasteiger charge is 2.01. The summed E-state index contributed by atoms with van der Waals surface area (Å²) in [5.41, 5.74) is 5.79. The molecule has 2 aromatic carbocycles. The summed E-state index contributed by atoms with van der Waals surface area (Å²) in [5.74, 6) is 0.885. The number of hydrazone groups is 1. The highest BCUT2D eigenvalue weighted by molar-refractivity contribution is 6.31. The molecule has 1 N–H and O–H groups in total. The fraction of sp³-hybridized carbons (Fsp3) is 0.200. The van der Waals surface area contributed by atoms with E-state index in [-0.39, 0.29) is 0 Å². The van der Waals surface area contributed by atoms with Crippen LogP contribution in [0.2, 0.25) is 5.02 Å². The number of rotatable bonds is 7. The van der Waals surface area contributed by atoms with Crippen molar-refractivity contribution in [1.29, 1.82) is 0 Å². The van der Waals surface area contributed by atoms with Crippen molar-refractivity contribution in [3.8, 4) is 5.75 Å². The number of unbranched alkanes of at least 4 members (excludes halogenated alkanes) is 1. The molecule has 3 aromatic rings. The summed E-state index contributed by atoms with van der Waals surface area (Å²) in [6, 6.07) is 15.4. The first kappa shape index (κ1) is 17.2. The molecule has 0 aliphatic carbocycles. The molecular formula is C20H20ClN3O. The van der Waals surface area contributed by atoms with Gasteiger partial charge in [-0.2, -0.15) is 5.10 Å². The van der Waals surface area contributed by atoms with Crippen LogP contribution in [-0.2, 0) is 0 Å². The van der Waals surface area contributed by atoms with E-state index in [4.69, 9.17) is 16.3 Å². The van der Waals surface area contributed by atoms with Crippen molar-refractivity contribution >= 4 is 34.4 Å². The lowest BCUT2D eigenvalue weighted by Crippen LogP contribution is -1.96. The van der Waals surface area contributed by atoms with Crippen LogP contribution in [0.4, 0.5) is 5.69 Å². The molecule has 3 rings (SSSR count). The zero-order chi connectivity index (χ0) is 17.5. The van der Waals surface area contributed by atoms with Crippen molar-refractivity contribution in [3.05, 3.63) is 65.3 Å². The molecule has 0 atom stereocenters. The number of nitrogens with one attached hydrogen (secondary N) is 1. The molecule has 0 spiro atoms. The summed E-state index contributed by atoms with van der Waals surface area (Å²) >= 11 is 6.01. The Morgan fingerprint density at radius 3 is 2.80 bits per heavy atom. The van der Waals surface area contributed by atoms with E-state index < -0.39 is 0 Å². The van der Waals surface area contributed by atoms with E-state index in [1.807, 2.05) is 48.5 Å². The second-order valence-corrected chi connectivity index (χ2v) is 6.10. The summed E-state index contributed by atoms with van der Waals surface area (Å²) in [6.07, 6.45) is 5.71. The smallest absolute Gasteiger partial charge is 0.119 e. The van der Waals surface area contributed by atoms with Crippen molar-refractivity contribution in [1.82, 2.24) is 4.98 Å². The molecular weight excluding hydrogens is 334 g/mol. The van der Waals surface area contributed by atoms with Crippen LogP contribution in [0.3, 0.4) is 0 Å². The summed E-state index contributed by atoms with van der Waals surface area (Å²) in [5, 5.41) is 5.96. The van der Waals surface area contributed by atoms with Gasteiger partial charge in [0.05, 0.1) is 24.0 Å². The maximum absolute atomic E-state index is 6.01. The molecule has 1 heterocycles. The van der Waals surface area contributed by atoms with E-state index in [1.165, 1.54) is 0 Å². The second-order valence-electron chi connectivity index (χ2n) is 5.66. The standard InChI is InChI=1S/C20H20ClN3O/c1-2-3-12-25-17-7-4-15(5-8-17)14-23-24-19-10-11-22-20-13-16(21)6-9-18(19)20/h4-11,13-14H,2-3,12H2,1H3,(H,22,24)/b23-14-. The Balaban J connectivity index is 1.65. The van der Waals surface area contributed by atoms with Gasteiger partial charge in [0.1, 0.15) is 5.75 Å². The molecule has 25 heavy (non-hydrogen) atoms. The van der Waals surface area contributed by atoms with Gasteiger partial charge >= 0.3 is 0 Å². The van der Waals surface area contributed by atoms with E-state index in [2.05, 4.69) is 22.4 Å². The number of benzene rings is 2. The normalized spacial score (nSPS) is 11.1. The molecule has 1 aromatic heterocycles. The number of fused-ring (bicyclic) bond motifs is 1. The van der Waals surface area contributed by atoms with Gasteiger partial charge in [-0.05, 0) is 60.5 Å². The Hall–Kier alpha value is -2.59. The predicted octanol–water partition coefficient (Wildman–Crippen LogP) is 5.51. The van der Waals surface area contributed by atoms with Crippen LogP contribution in [0.5, 0.6) is 5.75 Å². The lowest BCUT2D eigenvalue weighted by atomic mass is 10.2. The van der Waals surface area contributed by atoms with Crippen molar-refractivity contribution in [2.24, 2.45) is 5.10 Å². The minimum atomic E-state index is 0.668. The van der Waals surface area contributed by atoms with Gasteiger partial charge in [0.2, 0.25) is 0 Å². The topological polar surface area (TPSA) is 46.5 Å². The molecule has 0 amide bonds. The van der Waals surface area contributed by atoms with E-state index >= 15 is 0 Å². The molecule has 0 radical (unpaired) electrons. The van der Waals surface area contributed by atoms with Gasteiger partial charge in [0, 0.05) is 16.6 Å². The number of aromatic nitrogens is 1. The maximum Gasteiger partial charge on any atom is 0.119 e. The summed E-state index contributed by atoms with van der Waals surface area (Å²) in [4.78, 5) is 4.32. The predicted molar refractivity (Wildman–Crippen MR) is 105 cm³/mol. The first-order valence-electron chi connectivity index (χ1n) is 8.32. The van der Waals surface area contributed by atoms with E-state index in [0.717, 1.165) is 47.4 Å². The van der Waals surface area contributed by atoms with Crippen molar-refractivity contribution < 1.29 is 4.74 Å². The largest absolute Gasteiger partial charge is 0.494 e. The van der Waals surface area contributed by atoms with Crippen LogP contribution in [0.25, 0.3) is 10.9 Å². The van der Waals surface area contributed by atoms with Gasteiger partial charge < -0.3 is 4.74 Å². The molecule has 0 aliphatic rings. The molecule has 0 aliphatic heterocycles. The Bertz CT molecular complexity index is 862. The van der Waals surface area contributed by atoms with Gasteiger partial charge in [-0.3, -0.25) is 10.4 Å². The number of pyridine rings is 1. The molecule has 128 valence electrons. The van der Waals surface area contributed by atoms with Crippen molar-refractivity contribution in [2.75, 3.05) is 12.0 Å². The lowest BCUT2D eigenvalue weighted by Gasteiger charge is -2.06. The van der Waals surface area contributed by atoms with Gasteiger partial charge in [-0.15, -0.1) is 0 Å². The van der Waals surface area contributed by atoms with Gasteiger partial charge in [-0.25, -0.2) is 0 Å². The Kier molecular flexibility index (Phi) is 5.86. The average molecular weight is 354 g/mol. The zero-order valence-corrected chi connectivity index (χ0v) is 14.8. The average Bonchev–Trinajstić information content (AvgIpc) is 2.63. The third kappa shape index (κ3) is 4.70. The van der Waals surface area contributed by atoms with Gasteiger partial charge in [-0.1, -0.05) is 24.9 Å². The first-order chi connectivity index (χ1) is 12.3. The van der Waals surface area contributed by atoms with Crippen molar-refractivity contribution in [3.63, 3.8) is 0 Å². The monoisotopic (exact) mass is 353 g/mol. The van der Waals surface area contributed by atoms with Gasteiger partial charge in [0.15, 0.2) is 0 Å². The Morgan fingerprint density at radius 2 is 2.00 bits per heavy atom. The van der Waals surface area contributed by atoms with Crippen LogP contribution in [0.1, 0.15) is 25.3 Å². The SMILES string of the molecule is CCCCOc1ccc(/C=N\Nc2ccnc3cc(Cl)ccc23)cc1. The summed E-state index contributed by atoms with van der Waals surface area (Å²) in [6.45, 7) is 2.90. The number of anilines is 1. The summed E-state index contributed by atoms with van der Waals surface area (Å²) < 4.78 is 5.66. The first-order valence-corrected chi connectivity index (χ1v) is 8.70. The number of nitrogens with zero attached hydrogens (tertiary/aromatic N) is 2. The Labute approximate surface area is 152 Å². The molecule has 0 saturated carbocycles. The number of hydrogen-bond donors (Lipinski definition) is 1. The lowest BCUT2D eigenvalue weighted by molar-refractivity contribution is 0.309. The highest BCUT2D eigenvalue weighted by atomic mass is 35.5. The van der Waals surface area contributed by atoms with Crippen molar-refractivity contribution in [2.45, 2.75) is 19.8 Å². The minimum absolute atomic E-state index is 0.668. The van der Waals surface area contributed by atoms with E-state index in [1.54, 1.807) is 12.4 Å². The second kappa shape index (κ2) is 8.49. The van der Waals surface area contributed by atoms with Crippen LogP contribution in [-0.4, -0.2) is 17.8 Å². The molecule has 0 saturated heterocycles. The number of halogens is 1. The molecule has 0 fully saturated rings. The highest BCUT2D eigenvalue weighted by Crippen LogP contribution is 2.24. The third-order valence-corrected chi connectivity index (χ3v) is 3.99. The van der Waals surface area contributed by atoms with Crippen LogP contribution < -0.4 is 10.2 Å². The minimum Gasteiger partial charge on any atom is -0.494 e. The van der Waals surface area contributed by atoms with E-state index in [9.17, 15) is 0 Å². The number of ether oxygens (including phenoxy) is 1. The van der Waals surface area contributed by atoms with Gasteiger partial charge in [0.25, 0.3) is 0 Å². The summed E-state index contributed by atoms with van der Waals surface area (Å²) in [7, 11) is 0. The maximum atomic E-state index is 6.01. The zero-order valence-electron chi connectivity index (χ0n) is 14.1. The fourth-order valence-electron chi connectivity index (χ4n) is 2.38.